The molecule has 0 radical (unpaired) electrons. The van der Waals surface area contributed by atoms with E-state index in [1.165, 1.54) is 0 Å². The zero-order chi connectivity index (χ0) is 18.9. The van der Waals surface area contributed by atoms with Crippen LogP contribution in [0, 0.1) is 34.5 Å². The molecule has 0 saturated heterocycles. The Morgan fingerprint density at radius 2 is 1.96 bits per heavy atom. The van der Waals surface area contributed by atoms with Crippen molar-refractivity contribution in [2.45, 2.75) is 71.4 Å². The average Bonchev–Trinajstić information content (AvgIpc) is 2.94. The van der Waals surface area contributed by atoms with E-state index in [2.05, 4.69) is 6.92 Å². The number of aliphatic hydroxyl groups is 1. The van der Waals surface area contributed by atoms with Gasteiger partial charge >= 0.3 is 0 Å². The van der Waals surface area contributed by atoms with Crippen LogP contribution in [-0.2, 0) is 9.59 Å². The lowest BCUT2D eigenvalue weighted by Crippen LogP contribution is -2.62. The first-order chi connectivity index (χ1) is 12.2. The number of hydrogen-bond donors (Lipinski definition) is 1. The minimum atomic E-state index is -1.33. The van der Waals surface area contributed by atoms with Crippen LogP contribution in [0.5, 0.6) is 0 Å². The van der Waals surface area contributed by atoms with Gasteiger partial charge in [0.1, 0.15) is 11.5 Å². The van der Waals surface area contributed by atoms with Crippen LogP contribution in [0.4, 0.5) is 4.39 Å². The molecule has 3 saturated carbocycles. The summed E-state index contributed by atoms with van der Waals surface area (Å²) in [7, 11) is 0. The molecule has 0 aliphatic heterocycles. The van der Waals surface area contributed by atoms with Crippen LogP contribution in [0.1, 0.15) is 65.7 Å². The van der Waals surface area contributed by atoms with Gasteiger partial charge in [-0.05, 0) is 68.8 Å². The maximum atomic E-state index is 16.8. The predicted octanol–water partition coefficient (Wildman–Crippen LogP) is 4.03. The lowest BCUT2D eigenvalue weighted by Gasteiger charge is -2.62. The fourth-order valence-corrected chi connectivity index (χ4v) is 7.49. The molecule has 4 rings (SSSR count). The summed E-state index contributed by atoms with van der Waals surface area (Å²) >= 11 is 0. The first-order valence-electron chi connectivity index (χ1n) is 10.2. The van der Waals surface area contributed by atoms with E-state index in [-0.39, 0.29) is 47.3 Å². The van der Waals surface area contributed by atoms with E-state index in [0.717, 1.165) is 24.8 Å². The summed E-state index contributed by atoms with van der Waals surface area (Å²) in [5.74, 6) is 0.291. The van der Waals surface area contributed by atoms with Gasteiger partial charge in [-0.15, -0.1) is 0 Å². The molecule has 0 amide bonds. The van der Waals surface area contributed by atoms with Gasteiger partial charge in [-0.25, -0.2) is 4.39 Å². The molecule has 26 heavy (non-hydrogen) atoms. The fourth-order valence-electron chi connectivity index (χ4n) is 7.49. The largest absolute Gasteiger partial charge is 0.396 e. The van der Waals surface area contributed by atoms with Gasteiger partial charge < -0.3 is 5.11 Å². The van der Waals surface area contributed by atoms with Crippen molar-refractivity contribution in [2.24, 2.45) is 34.5 Å². The number of fused-ring (bicyclic) bond motifs is 5. The normalized spacial score (nSPS) is 50.5. The number of carbonyl (C=O) groups is 2. The predicted molar refractivity (Wildman–Crippen MR) is 97.2 cm³/mol. The van der Waals surface area contributed by atoms with Crippen LogP contribution in [0.2, 0.25) is 0 Å². The minimum Gasteiger partial charge on any atom is -0.396 e. The molecule has 4 aliphatic rings. The van der Waals surface area contributed by atoms with E-state index >= 15 is 4.39 Å². The van der Waals surface area contributed by atoms with Gasteiger partial charge in [-0.1, -0.05) is 19.4 Å². The highest BCUT2D eigenvalue weighted by Crippen LogP contribution is 2.70. The molecular weight excluding hydrogens is 331 g/mol. The zero-order valence-electron chi connectivity index (χ0n) is 16.2. The van der Waals surface area contributed by atoms with Crippen molar-refractivity contribution in [3.8, 4) is 0 Å². The van der Waals surface area contributed by atoms with Crippen LogP contribution in [0.3, 0.4) is 0 Å². The first-order valence-corrected chi connectivity index (χ1v) is 10.2. The molecule has 1 N–H and O–H groups in total. The lowest BCUT2D eigenvalue weighted by molar-refractivity contribution is -0.161. The third-order valence-corrected chi connectivity index (χ3v) is 8.94. The standard InChI is InChI=1S/C22H31FO3/c1-13(25)16-4-5-17-19-10-14(12-24)18-11-15(26)6-7-21(18,3)22(19,23)9-8-20(16,17)2/h11,14,16-17,19,24H,4-10,12H2,1-3H3/t14-,16-,17+,19+,20-,21+,22-/m1/s1. The van der Waals surface area contributed by atoms with Gasteiger partial charge in [0.15, 0.2) is 5.78 Å². The molecule has 3 fully saturated rings. The van der Waals surface area contributed by atoms with E-state index in [9.17, 15) is 14.7 Å². The molecule has 0 aromatic heterocycles. The van der Waals surface area contributed by atoms with Crippen LogP contribution in [-0.4, -0.2) is 28.9 Å². The molecule has 0 spiro atoms. The smallest absolute Gasteiger partial charge is 0.155 e. The van der Waals surface area contributed by atoms with E-state index < -0.39 is 11.1 Å². The molecular formula is C22H31FO3. The van der Waals surface area contributed by atoms with Crippen molar-refractivity contribution >= 4 is 11.6 Å². The van der Waals surface area contributed by atoms with Crippen molar-refractivity contribution in [3.63, 3.8) is 0 Å². The molecule has 0 heterocycles. The van der Waals surface area contributed by atoms with Gasteiger partial charge in [0, 0.05) is 30.3 Å². The van der Waals surface area contributed by atoms with Crippen molar-refractivity contribution in [2.75, 3.05) is 6.61 Å². The molecule has 4 aliphatic carbocycles. The maximum Gasteiger partial charge on any atom is 0.155 e. The number of Topliss-reactive ketones (excluding diaryl/α,β-unsaturated/α-hetero) is 1. The van der Waals surface area contributed by atoms with Crippen molar-refractivity contribution in [1.82, 2.24) is 0 Å². The van der Waals surface area contributed by atoms with E-state index in [1.54, 1.807) is 13.0 Å². The third kappa shape index (κ3) is 2.14. The first kappa shape index (κ1) is 18.3. The Kier molecular flexibility index (Phi) is 4.04. The van der Waals surface area contributed by atoms with Crippen LogP contribution in [0.15, 0.2) is 11.6 Å². The van der Waals surface area contributed by atoms with Gasteiger partial charge in [-0.3, -0.25) is 9.59 Å². The number of ketones is 2. The second-order valence-electron chi connectivity index (χ2n) is 9.84. The number of alkyl halides is 1. The molecule has 0 aromatic carbocycles. The quantitative estimate of drug-likeness (QED) is 0.807. The summed E-state index contributed by atoms with van der Waals surface area (Å²) in [5, 5.41) is 10.0. The summed E-state index contributed by atoms with van der Waals surface area (Å²) < 4.78 is 16.8. The number of halogens is 1. The lowest BCUT2D eigenvalue weighted by atomic mass is 9.43. The fraction of sp³-hybridized carbons (Fsp3) is 0.818. The Balaban J connectivity index is 1.79. The van der Waals surface area contributed by atoms with E-state index in [0.29, 0.717) is 25.7 Å². The SMILES string of the molecule is CC(=O)[C@H]1CC[C@H]2[C@@H]3C[C@H](CO)C4=CC(=O)CC[C@]4(C)[C@@]3(F)CC[C@]12C. The summed E-state index contributed by atoms with van der Waals surface area (Å²) in [4.78, 5) is 24.2. The van der Waals surface area contributed by atoms with Crippen molar-refractivity contribution < 1.29 is 19.1 Å². The maximum absolute atomic E-state index is 16.8. The average molecular weight is 362 g/mol. The number of aliphatic hydroxyl groups excluding tert-OH is 1. The van der Waals surface area contributed by atoms with E-state index in [4.69, 9.17) is 0 Å². The van der Waals surface area contributed by atoms with Crippen LogP contribution in [0.25, 0.3) is 0 Å². The summed E-state index contributed by atoms with van der Waals surface area (Å²) in [6, 6.07) is 0. The van der Waals surface area contributed by atoms with Crippen molar-refractivity contribution in [3.05, 3.63) is 11.6 Å². The monoisotopic (exact) mass is 362 g/mol. The zero-order valence-corrected chi connectivity index (χ0v) is 16.2. The summed E-state index contributed by atoms with van der Waals surface area (Å²) in [5.41, 5.74) is -1.26. The number of carbonyl (C=O) groups excluding carboxylic acids is 2. The highest BCUT2D eigenvalue weighted by Gasteiger charge is 2.68. The molecule has 4 heteroatoms. The van der Waals surface area contributed by atoms with Gasteiger partial charge in [0.25, 0.3) is 0 Å². The Morgan fingerprint density at radius 3 is 2.62 bits per heavy atom. The molecule has 7 atom stereocenters. The summed E-state index contributed by atoms with van der Waals surface area (Å²) in [6.07, 6.45) is 6.17. The summed E-state index contributed by atoms with van der Waals surface area (Å²) in [6.45, 7) is 5.84. The second-order valence-corrected chi connectivity index (χ2v) is 9.84. The highest BCUT2D eigenvalue weighted by molar-refractivity contribution is 5.92. The molecule has 3 nitrogen and oxygen atoms in total. The van der Waals surface area contributed by atoms with Gasteiger partial charge in [-0.2, -0.15) is 0 Å². The Labute approximate surface area is 155 Å². The van der Waals surface area contributed by atoms with Crippen LogP contribution < -0.4 is 0 Å². The van der Waals surface area contributed by atoms with Gasteiger partial charge in [0.05, 0.1) is 0 Å². The van der Waals surface area contributed by atoms with Crippen LogP contribution >= 0.6 is 0 Å². The second kappa shape index (κ2) is 5.73. The Morgan fingerprint density at radius 1 is 1.23 bits per heavy atom. The van der Waals surface area contributed by atoms with E-state index in [1.807, 2.05) is 6.92 Å². The highest BCUT2D eigenvalue weighted by atomic mass is 19.1. The molecule has 0 aromatic rings. The molecule has 0 unspecified atom stereocenters. The Bertz CT molecular complexity index is 685. The van der Waals surface area contributed by atoms with Gasteiger partial charge in [0.2, 0.25) is 0 Å². The number of rotatable bonds is 2. The molecule has 0 bridgehead atoms. The topological polar surface area (TPSA) is 54.4 Å². The molecule has 144 valence electrons. The minimum absolute atomic E-state index is 0.0269. The van der Waals surface area contributed by atoms with Crippen molar-refractivity contribution in [1.29, 1.82) is 0 Å². The Hall–Kier alpha value is -1.03. The third-order valence-electron chi connectivity index (χ3n) is 8.94. The number of hydrogen-bond acceptors (Lipinski definition) is 3.